The van der Waals surface area contributed by atoms with E-state index in [-0.39, 0.29) is 6.23 Å². The highest BCUT2D eigenvalue weighted by Crippen LogP contribution is 2.25. The molecule has 3 aromatic rings. The van der Waals surface area contributed by atoms with Crippen LogP contribution in [0.5, 0.6) is 0 Å². The van der Waals surface area contributed by atoms with Crippen LogP contribution in [0.2, 0.25) is 0 Å². The van der Waals surface area contributed by atoms with Crippen LogP contribution in [-0.2, 0) is 17.8 Å². The van der Waals surface area contributed by atoms with Crippen molar-refractivity contribution in [2.45, 2.75) is 19.3 Å². The van der Waals surface area contributed by atoms with E-state index < -0.39 is 0 Å². The number of nitrogens with zero attached hydrogens (tertiary/aromatic N) is 3. The van der Waals surface area contributed by atoms with Crippen LogP contribution in [0.1, 0.15) is 11.4 Å². The van der Waals surface area contributed by atoms with E-state index in [1.165, 1.54) is 0 Å². The lowest BCUT2D eigenvalue weighted by atomic mass is 10.1. The second kappa shape index (κ2) is 7.51. The van der Waals surface area contributed by atoms with Crippen LogP contribution in [-0.4, -0.2) is 21.4 Å². The fourth-order valence-electron chi connectivity index (χ4n) is 2.56. The number of hydrogen-bond acceptors (Lipinski definition) is 8. The molecule has 26 heavy (non-hydrogen) atoms. The standard InChI is InChI=1S/C18H17N5O2S/c19-18-15(2-1-5-20-18)16-7-13(23-25-16)6-12-3-4-17(21-8-12)24-9-14-10-26-11-22-14/h1-5,7-8,10-11,17,21H,6,9H2,(H2,19,20). The SMILES string of the molecule is Nc1ncccc1-c1cc(CC2=CNC(OCc3cscn3)C=C2)no1. The number of aromatic nitrogens is 3. The van der Waals surface area contributed by atoms with Gasteiger partial charge in [0.2, 0.25) is 0 Å². The number of rotatable bonds is 6. The van der Waals surface area contributed by atoms with Gasteiger partial charge in [-0.2, -0.15) is 0 Å². The maximum Gasteiger partial charge on any atom is 0.170 e. The second-order valence-corrected chi connectivity index (χ2v) is 6.47. The highest BCUT2D eigenvalue weighted by atomic mass is 32.1. The highest BCUT2D eigenvalue weighted by molar-refractivity contribution is 7.07. The van der Waals surface area contributed by atoms with E-state index in [1.807, 2.05) is 41.9 Å². The van der Waals surface area contributed by atoms with Gasteiger partial charge in [0, 0.05) is 30.3 Å². The third-order valence-electron chi connectivity index (χ3n) is 3.86. The molecule has 4 rings (SSSR count). The molecule has 1 aliphatic heterocycles. The summed E-state index contributed by atoms with van der Waals surface area (Å²) in [6, 6.07) is 5.56. The van der Waals surface area contributed by atoms with Gasteiger partial charge in [0.15, 0.2) is 5.76 Å². The van der Waals surface area contributed by atoms with Gasteiger partial charge in [-0.15, -0.1) is 11.3 Å². The Bertz CT molecular complexity index is 933. The number of thiazole rings is 1. The molecule has 0 fully saturated rings. The monoisotopic (exact) mass is 367 g/mol. The summed E-state index contributed by atoms with van der Waals surface area (Å²) in [5.74, 6) is 1.04. The Kier molecular flexibility index (Phi) is 4.76. The van der Waals surface area contributed by atoms with Crippen molar-refractivity contribution in [1.29, 1.82) is 0 Å². The summed E-state index contributed by atoms with van der Waals surface area (Å²) in [6.45, 7) is 0.480. The van der Waals surface area contributed by atoms with Crippen molar-refractivity contribution in [2.75, 3.05) is 5.73 Å². The third-order valence-corrected chi connectivity index (χ3v) is 4.50. The molecule has 8 heteroatoms. The van der Waals surface area contributed by atoms with Crippen molar-refractivity contribution in [3.63, 3.8) is 0 Å². The van der Waals surface area contributed by atoms with Gasteiger partial charge in [-0.05, 0) is 23.8 Å². The zero-order valence-electron chi connectivity index (χ0n) is 13.8. The topological polar surface area (TPSA) is 99.1 Å². The van der Waals surface area contributed by atoms with E-state index in [0.717, 1.165) is 22.5 Å². The van der Waals surface area contributed by atoms with E-state index in [1.54, 1.807) is 23.0 Å². The first-order chi connectivity index (χ1) is 12.8. The number of hydrogen-bond donors (Lipinski definition) is 2. The molecular weight excluding hydrogens is 350 g/mol. The number of nitrogens with one attached hydrogen (secondary N) is 1. The van der Waals surface area contributed by atoms with Crippen LogP contribution in [0.4, 0.5) is 5.82 Å². The zero-order chi connectivity index (χ0) is 17.8. The molecular formula is C18H17N5O2S. The maximum atomic E-state index is 5.88. The smallest absolute Gasteiger partial charge is 0.170 e. The maximum absolute atomic E-state index is 5.88. The number of anilines is 1. The predicted molar refractivity (Wildman–Crippen MR) is 98.9 cm³/mol. The molecule has 0 aliphatic carbocycles. The van der Waals surface area contributed by atoms with Gasteiger partial charge < -0.3 is 20.3 Å². The van der Waals surface area contributed by atoms with E-state index in [0.29, 0.717) is 24.6 Å². The van der Waals surface area contributed by atoms with Crippen molar-refractivity contribution < 1.29 is 9.26 Å². The van der Waals surface area contributed by atoms with Gasteiger partial charge in [0.05, 0.1) is 29.1 Å². The molecule has 0 saturated carbocycles. The second-order valence-electron chi connectivity index (χ2n) is 5.75. The minimum atomic E-state index is -0.163. The van der Waals surface area contributed by atoms with Crippen LogP contribution < -0.4 is 11.1 Å². The van der Waals surface area contributed by atoms with E-state index in [9.17, 15) is 0 Å². The summed E-state index contributed by atoms with van der Waals surface area (Å²) in [5.41, 5.74) is 11.3. The van der Waals surface area contributed by atoms with Crippen molar-refractivity contribution in [3.05, 3.63) is 70.6 Å². The van der Waals surface area contributed by atoms with E-state index >= 15 is 0 Å². The van der Waals surface area contributed by atoms with Gasteiger partial charge in [-0.1, -0.05) is 11.2 Å². The zero-order valence-corrected chi connectivity index (χ0v) is 14.6. The molecule has 3 N–H and O–H groups in total. The van der Waals surface area contributed by atoms with Gasteiger partial charge in [-0.25, -0.2) is 9.97 Å². The Morgan fingerprint density at radius 1 is 1.31 bits per heavy atom. The third kappa shape index (κ3) is 3.81. The lowest BCUT2D eigenvalue weighted by molar-refractivity contribution is 0.0560. The fourth-order valence-corrected chi connectivity index (χ4v) is 3.10. The molecule has 0 radical (unpaired) electrons. The quantitative estimate of drug-likeness (QED) is 0.691. The Morgan fingerprint density at radius 3 is 3.04 bits per heavy atom. The van der Waals surface area contributed by atoms with Gasteiger partial charge in [0.1, 0.15) is 12.0 Å². The average Bonchev–Trinajstić information content (AvgIpc) is 3.34. The van der Waals surface area contributed by atoms with E-state index in [4.69, 9.17) is 15.0 Å². The molecule has 1 aliphatic rings. The first kappa shape index (κ1) is 16.5. The molecule has 0 aromatic carbocycles. The van der Waals surface area contributed by atoms with E-state index in [2.05, 4.69) is 20.4 Å². The molecule has 0 saturated heterocycles. The molecule has 4 heterocycles. The van der Waals surface area contributed by atoms with Crippen molar-refractivity contribution in [3.8, 4) is 11.3 Å². The first-order valence-corrected chi connectivity index (χ1v) is 9.00. The number of pyridine rings is 1. The molecule has 1 unspecified atom stereocenters. The highest BCUT2D eigenvalue weighted by Gasteiger charge is 2.13. The van der Waals surface area contributed by atoms with Crippen LogP contribution in [0.3, 0.4) is 0 Å². The number of allylic oxidation sites excluding steroid dienone is 2. The molecule has 3 aromatic heterocycles. The molecule has 132 valence electrons. The van der Waals surface area contributed by atoms with Gasteiger partial charge in [-0.3, -0.25) is 0 Å². The summed E-state index contributed by atoms with van der Waals surface area (Å²) in [4.78, 5) is 8.26. The molecule has 0 amide bonds. The van der Waals surface area contributed by atoms with Crippen LogP contribution in [0.25, 0.3) is 11.3 Å². The summed E-state index contributed by atoms with van der Waals surface area (Å²) >= 11 is 1.56. The van der Waals surface area contributed by atoms with Crippen LogP contribution in [0, 0.1) is 0 Å². The summed E-state index contributed by atoms with van der Waals surface area (Å²) < 4.78 is 11.1. The summed E-state index contributed by atoms with van der Waals surface area (Å²) in [6.07, 6.45) is 8.05. The normalized spacial score (nSPS) is 16.3. The van der Waals surface area contributed by atoms with Crippen molar-refractivity contribution in [2.24, 2.45) is 0 Å². The van der Waals surface area contributed by atoms with Crippen LogP contribution in [0.15, 0.2) is 63.7 Å². The summed E-state index contributed by atoms with van der Waals surface area (Å²) in [7, 11) is 0. The molecule has 7 nitrogen and oxygen atoms in total. The number of dihydropyridines is 1. The molecule has 0 spiro atoms. The number of nitrogens with two attached hydrogens (primary N) is 1. The van der Waals surface area contributed by atoms with Crippen molar-refractivity contribution >= 4 is 17.2 Å². The lowest BCUT2D eigenvalue weighted by Gasteiger charge is -2.18. The Morgan fingerprint density at radius 2 is 2.27 bits per heavy atom. The Balaban J connectivity index is 1.34. The van der Waals surface area contributed by atoms with Crippen LogP contribution >= 0.6 is 11.3 Å². The van der Waals surface area contributed by atoms with Crippen molar-refractivity contribution in [1.82, 2.24) is 20.4 Å². The van der Waals surface area contributed by atoms with Gasteiger partial charge >= 0.3 is 0 Å². The Labute approximate surface area is 154 Å². The first-order valence-electron chi connectivity index (χ1n) is 8.06. The lowest BCUT2D eigenvalue weighted by Crippen LogP contribution is -2.28. The molecule has 0 bridgehead atoms. The van der Waals surface area contributed by atoms with Gasteiger partial charge in [0.25, 0.3) is 0 Å². The summed E-state index contributed by atoms with van der Waals surface area (Å²) in [5, 5.41) is 9.31. The Hall–Kier alpha value is -2.97. The average molecular weight is 367 g/mol. The minimum absolute atomic E-state index is 0.163. The molecule has 1 atom stereocenters. The fraction of sp³-hybridized carbons (Fsp3) is 0.167. The largest absolute Gasteiger partial charge is 0.383 e. The predicted octanol–water partition coefficient (Wildman–Crippen LogP) is 2.90. The number of nitrogen functional groups attached to an aromatic ring is 1. The minimum Gasteiger partial charge on any atom is -0.383 e. The number of ether oxygens (including phenoxy) is 1.